The highest BCUT2D eigenvalue weighted by Gasteiger charge is 2.19. The number of imidazole rings is 1. The number of rotatable bonds is 1. The number of halogens is 1. The molecular weight excluding hydrogens is 343 g/mol. The second-order valence-electron chi connectivity index (χ2n) is 6.53. The minimum absolute atomic E-state index is 0.233. The van der Waals surface area contributed by atoms with Gasteiger partial charge in [0, 0.05) is 11.6 Å². The van der Waals surface area contributed by atoms with Gasteiger partial charge in [0.2, 0.25) is 0 Å². The van der Waals surface area contributed by atoms with E-state index in [1.807, 2.05) is 48.5 Å². The van der Waals surface area contributed by atoms with Crippen molar-refractivity contribution in [2.24, 2.45) is 0 Å². The van der Waals surface area contributed by atoms with Crippen molar-refractivity contribution in [1.82, 2.24) is 9.97 Å². The lowest BCUT2D eigenvalue weighted by atomic mass is 9.92. The Bertz CT molecular complexity index is 1270. The fourth-order valence-electron chi connectivity index (χ4n) is 3.51. The Morgan fingerprint density at radius 1 is 0.926 bits per heavy atom. The number of benzene rings is 3. The van der Waals surface area contributed by atoms with E-state index in [0.717, 1.165) is 38.9 Å². The highest BCUT2D eigenvalue weighted by molar-refractivity contribution is 5.95. The Morgan fingerprint density at radius 2 is 1.78 bits per heavy atom. The van der Waals surface area contributed by atoms with Crippen LogP contribution in [0.1, 0.15) is 22.3 Å². The first kappa shape index (κ1) is 15.6. The van der Waals surface area contributed by atoms with Crippen LogP contribution in [0.15, 0.2) is 65.5 Å². The van der Waals surface area contributed by atoms with Crippen LogP contribution in [0.5, 0.6) is 5.75 Å². The van der Waals surface area contributed by atoms with Crippen LogP contribution in [0.2, 0.25) is 0 Å². The maximum absolute atomic E-state index is 13.8. The molecule has 0 spiro atoms. The van der Waals surface area contributed by atoms with Crippen LogP contribution in [0.3, 0.4) is 0 Å². The standard InChI is InChI=1S/C22H15FN2O2/c23-15-6-7-17-18(9-13-5-8-19-20(10-13)25-22(26)24-19)16-4-2-1-3-14(16)12-27-21(17)11-15/h1-11H,12H2,(H2,24,25,26)/b18-9-. The summed E-state index contributed by atoms with van der Waals surface area (Å²) < 4.78 is 19.6. The molecule has 132 valence electrons. The first-order valence-electron chi connectivity index (χ1n) is 8.62. The summed E-state index contributed by atoms with van der Waals surface area (Å²) in [7, 11) is 0. The summed E-state index contributed by atoms with van der Waals surface area (Å²) in [5, 5.41) is 0. The van der Waals surface area contributed by atoms with E-state index < -0.39 is 0 Å². The van der Waals surface area contributed by atoms with Crippen LogP contribution in [0.25, 0.3) is 22.7 Å². The number of aromatic nitrogens is 2. The molecule has 0 radical (unpaired) electrons. The molecule has 27 heavy (non-hydrogen) atoms. The quantitative estimate of drug-likeness (QED) is 0.527. The third kappa shape index (κ3) is 2.73. The van der Waals surface area contributed by atoms with E-state index >= 15 is 0 Å². The van der Waals surface area contributed by atoms with Crippen molar-refractivity contribution in [2.45, 2.75) is 6.61 Å². The van der Waals surface area contributed by atoms with Crippen molar-refractivity contribution in [3.8, 4) is 5.75 Å². The maximum Gasteiger partial charge on any atom is 0.323 e. The van der Waals surface area contributed by atoms with Crippen LogP contribution in [0, 0.1) is 5.82 Å². The molecule has 3 aromatic carbocycles. The summed E-state index contributed by atoms with van der Waals surface area (Å²) in [4.78, 5) is 17.0. The lowest BCUT2D eigenvalue weighted by molar-refractivity contribution is 0.305. The zero-order chi connectivity index (χ0) is 18.4. The summed E-state index contributed by atoms with van der Waals surface area (Å²) in [5.74, 6) is 0.193. The largest absolute Gasteiger partial charge is 0.488 e. The molecule has 1 aliphatic heterocycles. The summed E-state index contributed by atoms with van der Waals surface area (Å²) in [6.07, 6.45) is 2.04. The van der Waals surface area contributed by atoms with Gasteiger partial charge in [0.1, 0.15) is 18.2 Å². The van der Waals surface area contributed by atoms with Crippen LogP contribution >= 0.6 is 0 Å². The Hall–Kier alpha value is -3.60. The van der Waals surface area contributed by atoms with E-state index in [-0.39, 0.29) is 11.5 Å². The van der Waals surface area contributed by atoms with Gasteiger partial charge in [0.15, 0.2) is 0 Å². The first-order chi connectivity index (χ1) is 13.2. The minimum atomic E-state index is -0.328. The van der Waals surface area contributed by atoms with E-state index in [0.29, 0.717) is 12.4 Å². The van der Waals surface area contributed by atoms with Crippen LogP contribution in [-0.4, -0.2) is 9.97 Å². The lowest BCUT2D eigenvalue weighted by Crippen LogP contribution is -1.99. The molecule has 4 nitrogen and oxygen atoms in total. The first-order valence-corrected chi connectivity index (χ1v) is 8.62. The molecule has 1 aromatic heterocycles. The van der Waals surface area contributed by atoms with E-state index in [9.17, 15) is 9.18 Å². The van der Waals surface area contributed by atoms with Gasteiger partial charge in [-0.3, -0.25) is 0 Å². The molecule has 0 fully saturated rings. The van der Waals surface area contributed by atoms with Gasteiger partial charge in [-0.25, -0.2) is 9.18 Å². The number of hydrogen-bond donors (Lipinski definition) is 2. The van der Waals surface area contributed by atoms with Crippen molar-refractivity contribution < 1.29 is 9.13 Å². The Kier molecular flexibility index (Phi) is 3.47. The fraction of sp³-hybridized carbons (Fsp3) is 0.0455. The van der Waals surface area contributed by atoms with Crippen molar-refractivity contribution in [3.63, 3.8) is 0 Å². The Morgan fingerprint density at radius 3 is 2.70 bits per heavy atom. The number of nitrogens with one attached hydrogen (secondary N) is 2. The number of hydrogen-bond acceptors (Lipinski definition) is 2. The second-order valence-corrected chi connectivity index (χ2v) is 6.53. The minimum Gasteiger partial charge on any atom is -0.488 e. The summed E-state index contributed by atoms with van der Waals surface area (Å²) in [6.45, 7) is 0.383. The summed E-state index contributed by atoms with van der Waals surface area (Å²) in [5.41, 5.74) is 6.07. The topological polar surface area (TPSA) is 57.9 Å². The number of fused-ring (bicyclic) bond motifs is 3. The van der Waals surface area contributed by atoms with Crippen molar-refractivity contribution in [2.75, 3.05) is 0 Å². The number of H-pyrrole nitrogens is 2. The molecule has 1 aliphatic rings. The lowest BCUT2D eigenvalue weighted by Gasteiger charge is -2.11. The third-order valence-electron chi connectivity index (χ3n) is 4.78. The molecule has 0 atom stereocenters. The molecule has 4 aromatic rings. The van der Waals surface area contributed by atoms with Gasteiger partial charge in [-0.2, -0.15) is 0 Å². The molecule has 5 rings (SSSR count). The second kappa shape index (κ2) is 5.99. The van der Waals surface area contributed by atoms with E-state index in [4.69, 9.17) is 4.74 Å². The van der Waals surface area contributed by atoms with Crippen molar-refractivity contribution >= 4 is 22.7 Å². The van der Waals surface area contributed by atoms with E-state index in [1.54, 1.807) is 6.07 Å². The molecule has 2 heterocycles. The smallest absolute Gasteiger partial charge is 0.323 e. The summed E-state index contributed by atoms with van der Waals surface area (Å²) in [6, 6.07) is 18.3. The van der Waals surface area contributed by atoms with Gasteiger partial charge in [-0.1, -0.05) is 30.3 Å². The zero-order valence-electron chi connectivity index (χ0n) is 14.3. The van der Waals surface area contributed by atoms with Crippen LogP contribution in [0.4, 0.5) is 4.39 Å². The average molecular weight is 358 g/mol. The van der Waals surface area contributed by atoms with Crippen molar-refractivity contribution in [1.29, 1.82) is 0 Å². The van der Waals surface area contributed by atoms with Gasteiger partial charge >= 0.3 is 5.69 Å². The fourth-order valence-corrected chi connectivity index (χ4v) is 3.51. The Balaban J connectivity index is 1.75. The zero-order valence-corrected chi connectivity index (χ0v) is 14.3. The molecule has 0 amide bonds. The van der Waals surface area contributed by atoms with Gasteiger partial charge in [-0.05, 0) is 52.6 Å². The van der Waals surface area contributed by atoms with Crippen molar-refractivity contribution in [3.05, 3.63) is 99.2 Å². The highest BCUT2D eigenvalue weighted by atomic mass is 19.1. The summed E-state index contributed by atoms with van der Waals surface area (Å²) >= 11 is 0. The molecule has 0 saturated heterocycles. The normalized spacial score (nSPS) is 14.5. The maximum atomic E-state index is 13.8. The molecule has 5 heteroatoms. The highest BCUT2D eigenvalue weighted by Crippen LogP contribution is 2.38. The monoisotopic (exact) mass is 358 g/mol. The molecule has 0 unspecified atom stereocenters. The van der Waals surface area contributed by atoms with E-state index in [1.165, 1.54) is 12.1 Å². The molecule has 0 saturated carbocycles. The third-order valence-corrected chi connectivity index (χ3v) is 4.78. The van der Waals surface area contributed by atoms with E-state index in [2.05, 4.69) is 9.97 Å². The van der Waals surface area contributed by atoms with Gasteiger partial charge in [-0.15, -0.1) is 0 Å². The van der Waals surface area contributed by atoms with Crippen LogP contribution < -0.4 is 10.4 Å². The SMILES string of the molecule is O=c1[nH]c2ccc(/C=C3/c4ccccc4COc4cc(F)ccc43)cc2[nH]1. The predicted octanol–water partition coefficient (Wildman–Crippen LogP) is 4.48. The van der Waals surface area contributed by atoms with Gasteiger partial charge in [0.05, 0.1) is 11.0 Å². The molecular formula is C22H15FN2O2. The molecule has 0 bridgehead atoms. The number of ether oxygens (including phenoxy) is 1. The van der Waals surface area contributed by atoms with Gasteiger partial charge < -0.3 is 14.7 Å². The average Bonchev–Trinajstić information content (AvgIpc) is 2.97. The van der Waals surface area contributed by atoms with Gasteiger partial charge in [0.25, 0.3) is 0 Å². The Labute approximate surface area is 153 Å². The predicted molar refractivity (Wildman–Crippen MR) is 103 cm³/mol. The molecule has 2 N–H and O–H groups in total. The molecule has 0 aliphatic carbocycles. The number of aromatic amines is 2. The van der Waals surface area contributed by atoms with Crippen LogP contribution in [-0.2, 0) is 6.61 Å².